The molecule has 76 valence electrons. The highest BCUT2D eigenvalue weighted by Gasteiger charge is 2.17. The van der Waals surface area contributed by atoms with E-state index in [2.05, 4.69) is 5.43 Å². The van der Waals surface area contributed by atoms with Gasteiger partial charge in [-0.3, -0.25) is 10.2 Å². The number of hydrogen-bond acceptors (Lipinski definition) is 2. The van der Waals surface area contributed by atoms with Gasteiger partial charge in [-0.15, -0.1) is 11.6 Å². The maximum atomic E-state index is 11.5. The van der Waals surface area contributed by atoms with Gasteiger partial charge in [0.25, 0.3) is 5.91 Å². The van der Waals surface area contributed by atoms with E-state index < -0.39 is 5.38 Å². The molecule has 1 N–H and O–H groups in total. The Hall–Kier alpha value is -1.06. The van der Waals surface area contributed by atoms with Crippen molar-refractivity contribution in [2.75, 3.05) is 14.1 Å². The topological polar surface area (TPSA) is 32.3 Å². The van der Waals surface area contributed by atoms with Gasteiger partial charge in [-0.05, 0) is 5.56 Å². The minimum Gasteiger partial charge on any atom is -0.288 e. The zero-order valence-corrected chi connectivity index (χ0v) is 8.95. The van der Waals surface area contributed by atoms with Crippen molar-refractivity contribution in [2.45, 2.75) is 5.38 Å². The molecule has 1 atom stereocenters. The first-order valence-electron chi connectivity index (χ1n) is 4.28. The van der Waals surface area contributed by atoms with E-state index in [1.807, 2.05) is 30.3 Å². The molecular formula is C10H13ClN2O. The van der Waals surface area contributed by atoms with Crippen LogP contribution < -0.4 is 5.43 Å². The first-order valence-corrected chi connectivity index (χ1v) is 4.71. The number of carbonyl (C=O) groups excluding carboxylic acids is 1. The number of halogens is 1. The molecule has 1 rings (SSSR count). The molecule has 1 aromatic carbocycles. The van der Waals surface area contributed by atoms with Crippen LogP contribution in [0.3, 0.4) is 0 Å². The molecule has 14 heavy (non-hydrogen) atoms. The smallest absolute Gasteiger partial charge is 0.256 e. The number of amides is 1. The van der Waals surface area contributed by atoms with Crippen LogP contribution in [0, 0.1) is 0 Å². The summed E-state index contributed by atoms with van der Waals surface area (Å²) in [5, 5.41) is 0.930. The molecular weight excluding hydrogens is 200 g/mol. The summed E-state index contributed by atoms with van der Waals surface area (Å²) in [6.07, 6.45) is 0. The molecule has 0 aliphatic carbocycles. The third kappa shape index (κ3) is 3.01. The lowest BCUT2D eigenvalue weighted by atomic mass is 10.1. The third-order valence-electron chi connectivity index (χ3n) is 1.66. The van der Waals surface area contributed by atoms with Gasteiger partial charge in [-0.1, -0.05) is 30.3 Å². The van der Waals surface area contributed by atoms with Crippen LogP contribution in [0.2, 0.25) is 0 Å². The van der Waals surface area contributed by atoms with Crippen LogP contribution in [0.15, 0.2) is 30.3 Å². The van der Waals surface area contributed by atoms with Crippen LogP contribution in [-0.4, -0.2) is 25.0 Å². The van der Waals surface area contributed by atoms with Crippen LogP contribution in [-0.2, 0) is 4.79 Å². The highest BCUT2D eigenvalue weighted by molar-refractivity contribution is 6.30. The Morgan fingerprint density at radius 2 is 1.93 bits per heavy atom. The minimum absolute atomic E-state index is 0.220. The highest BCUT2D eigenvalue weighted by Crippen LogP contribution is 2.19. The molecule has 4 heteroatoms. The van der Waals surface area contributed by atoms with Crippen LogP contribution in [0.4, 0.5) is 0 Å². The third-order valence-corrected chi connectivity index (χ3v) is 2.11. The van der Waals surface area contributed by atoms with Gasteiger partial charge in [0.15, 0.2) is 0 Å². The summed E-state index contributed by atoms with van der Waals surface area (Å²) in [6.45, 7) is 0. The van der Waals surface area contributed by atoms with E-state index in [9.17, 15) is 4.79 Å². The Bertz CT molecular complexity index is 300. The molecule has 0 saturated heterocycles. The SMILES string of the molecule is CN(C)NC(=O)C(Cl)c1ccccc1. The largest absolute Gasteiger partial charge is 0.288 e. The zero-order valence-electron chi connectivity index (χ0n) is 8.20. The minimum atomic E-state index is -0.640. The van der Waals surface area contributed by atoms with Gasteiger partial charge in [-0.25, -0.2) is 5.01 Å². The van der Waals surface area contributed by atoms with E-state index in [4.69, 9.17) is 11.6 Å². The number of rotatable bonds is 3. The van der Waals surface area contributed by atoms with Gasteiger partial charge in [0.2, 0.25) is 0 Å². The van der Waals surface area contributed by atoms with Gasteiger partial charge in [-0.2, -0.15) is 0 Å². The predicted molar refractivity (Wildman–Crippen MR) is 56.9 cm³/mol. The molecule has 0 saturated carbocycles. The summed E-state index contributed by atoms with van der Waals surface area (Å²) in [6, 6.07) is 9.25. The fraction of sp³-hybridized carbons (Fsp3) is 0.300. The molecule has 0 radical (unpaired) electrons. The molecule has 0 heterocycles. The molecule has 0 aliphatic rings. The van der Waals surface area contributed by atoms with Crippen LogP contribution in [0.1, 0.15) is 10.9 Å². The summed E-state index contributed by atoms with van der Waals surface area (Å²) in [4.78, 5) is 11.5. The molecule has 0 aliphatic heterocycles. The average molecular weight is 213 g/mol. The number of alkyl halides is 1. The number of carbonyl (C=O) groups is 1. The zero-order chi connectivity index (χ0) is 10.6. The maximum absolute atomic E-state index is 11.5. The number of nitrogens with one attached hydrogen (secondary N) is 1. The number of hydrazine groups is 1. The van der Waals surface area contributed by atoms with Crippen molar-refractivity contribution >= 4 is 17.5 Å². The fourth-order valence-corrected chi connectivity index (χ4v) is 1.24. The van der Waals surface area contributed by atoms with E-state index in [1.165, 1.54) is 0 Å². The van der Waals surface area contributed by atoms with Crippen molar-refractivity contribution in [2.24, 2.45) is 0 Å². The standard InChI is InChI=1S/C10H13ClN2O/c1-13(2)12-10(14)9(11)8-6-4-3-5-7-8/h3-7,9H,1-2H3,(H,12,14). The molecule has 1 amide bonds. The van der Waals surface area contributed by atoms with Gasteiger partial charge >= 0.3 is 0 Å². The van der Waals surface area contributed by atoms with Crippen LogP contribution in [0.5, 0.6) is 0 Å². The summed E-state index contributed by atoms with van der Waals surface area (Å²) < 4.78 is 0. The van der Waals surface area contributed by atoms with Gasteiger partial charge in [0.05, 0.1) is 0 Å². The van der Waals surface area contributed by atoms with Crippen molar-refractivity contribution in [3.8, 4) is 0 Å². The fourth-order valence-electron chi connectivity index (χ4n) is 1.05. The molecule has 0 spiro atoms. The van der Waals surface area contributed by atoms with E-state index in [-0.39, 0.29) is 5.91 Å². The molecule has 0 bridgehead atoms. The summed E-state index contributed by atoms with van der Waals surface area (Å²) in [5.41, 5.74) is 3.40. The average Bonchev–Trinajstić information content (AvgIpc) is 2.17. The Kier molecular flexibility index (Phi) is 3.92. The first-order chi connectivity index (χ1) is 6.61. The summed E-state index contributed by atoms with van der Waals surface area (Å²) in [7, 11) is 3.49. The number of nitrogens with zero attached hydrogens (tertiary/aromatic N) is 1. The first kappa shape index (κ1) is 11.0. The molecule has 0 aromatic heterocycles. The Balaban J connectivity index is 2.66. The van der Waals surface area contributed by atoms with E-state index in [0.29, 0.717) is 0 Å². The highest BCUT2D eigenvalue weighted by atomic mass is 35.5. The monoisotopic (exact) mass is 212 g/mol. The lowest BCUT2D eigenvalue weighted by Gasteiger charge is -2.15. The van der Waals surface area contributed by atoms with Crippen molar-refractivity contribution in [1.82, 2.24) is 10.4 Å². The van der Waals surface area contributed by atoms with Crippen molar-refractivity contribution in [3.63, 3.8) is 0 Å². The van der Waals surface area contributed by atoms with Gasteiger partial charge in [0.1, 0.15) is 5.38 Å². The Labute approximate surface area is 88.6 Å². The van der Waals surface area contributed by atoms with Crippen molar-refractivity contribution in [1.29, 1.82) is 0 Å². The molecule has 3 nitrogen and oxygen atoms in total. The van der Waals surface area contributed by atoms with Crippen molar-refractivity contribution in [3.05, 3.63) is 35.9 Å². The normalized spacial score (nSPS) is 12.6. The Morgan fingerprint density at radius 1 is 1.36 bits per heavy atom. The second-order valence-electron chi connectivity index (χ2n) is 3.14. The molecule has 1 aromatic rings. The Morgan fingerprint density at radius 3 is 2.43 bits per heavy atom. The lowest BCUT2D eigenvalue weighted by Crippen LogP contribution is -2.38. The van der Waals surface area contributed by atoms with Gasteiger partial charge < -0.3 is 0 Å². The number of benzene rings is 1. The van der Waals surface area contributed by atoms with Crippen LogP contribution in [0.25, 0.3) is 0 Å². The predicted octanol–water partition coefficient (Wildman–Crippen LogP) is 1.56. The van der Waals surface area contributed by atoms with Crippen LogP contribution >= 0.6 is 11.6 Å². The maximum Gasteiger partial charge on any atom is 0.256 e. The van der Waals surface area contributed by atoms with E-state index in [0.717, 1.165) is 5.56 Å². The second-order valence-corrected chi connectivity index (χ2v) is 3.58. The summed E-state index contributed by atoms with van der Waals surface area (Å²) in [5.74, 6) is -0.220. The van der Waals surface area contributed by atoms with Crippen molar-refractivity contribution < 1.29 is 4.79 Å². The molecule has 0 fully saturated rings. The van der Waals surface area contributed by atoms with Gasteiger partial charge in [0, 0.05) is 14.1 Å². The summed E-state index contributed by atoms with van der Waals surface area (Å²) >= 11 is 5.96. The quantitative estimate of drug-likeness (QED) is 0.609. The molecule has 1 unspecified atom stereocenters. The second kappa shape index (κ2) is 4.98. The lowest BCUT2D eigenvalue weighted by molar-refractivity contribution is -0.124. The van der Waals surface area contributed by atoms with E-state index >= 15 is 0 Å². The van der Waals surface area contributed by atoms with E-state index in [1.54, 1.807) is 19.1 Å². The number of hydrogen-bond donors (Lipinski definition) is 1.